The lowest BCUT2D eigenvalue weighted by atomic mass is 9.74. The molecule has 0 amide bonds. The van der Waals surface area contributed by atoms with E-state index in [1.807, 2.05) is 0 Å². The van der Waals surface area contributed by atoms with Gasteiger partial charge in [-0.25, -0.2) is 0 Å². The van der Waals surface area contributed by atoms with Gasteiger partial charge >= 0.3 is 0 Å². The summed E-state index contributed by atoms with van der Waals surface area (Å²) < 4.78 is 0. The SMILES string of the molecule is CCCC(CCC)CC1CC([Si](C)(C)[Si](C)(C)C2CC(CC)C3CCCCC32)C2CCCCC12. The molecule has 0 nitrogen and oxygen atoms in total. The first kappa shape index (κ1) is 27.5. The van der Waals surface area contributed by atoms with Gasteiger partial charge in [-0.05, 0) is 84.6 Å². The molecule has 0 radical (unpaired) electrons. The Bertz CT molecular complexity index is 633. The molecule has 0 aromatic heterocycles. The van der Waals surface area contributed by atoms with Crippen LogP contribution in [0, 0.1) is 41.4 Å². The summed E-state index contributed by atoms with van der Waals surface area (Å²) in [5, 5.41) is 0. The average molecular weight is 503 g/mol. The van der Waals surface area contributed by atoms with Gasteiger partial charge in [-0.15, -0.1) is 0 Å². The fourth-order valence-electron chi connectivity index (χ4n) is 10.9. The van der Waals surface area contributed by atoms with E-state index < -0.39 is 15.2 Å². The highest BCUT2D eigenvalue weighted by atomic mass is 29.3. The van der Waals surface area contributed by atoms with E-state index in [0.717, 1.165) is 47.0 Å². The van der Waals surface area contributed by atoms with Crippen molar-refractivity contribution in [1.82, 2.24) is 0 Å². The Morgan fingerprint density at radius 3 is 1.44 bits per heavy atom. The van der Waals surface area contributed by atoms with Crippen LogP contribution in [0.15, 0.2) is 0 Å². The van der Waals surface area contributed by atoms with Gasteiger partial charge < -0.3 is 0 Å². The molecule has 0 N–H and O–H groups in total. The zero-order valence-corrected chi connectivity index (χ0v) is 26.5. The normalized spacial score (nSPS) is 38.8. The first-order chi connectivity index (χ1) is 16.3. The van der Waals surface area contributed by atoms with E-state index in [9.17, 15) is 0 Å². The highest BCUT2D eigenvalue weighted by Gasteiger charge is 2.60. The minimum Gasteiger partial charge on any atom is -0.0711 e. The van der Waals surface area contributed by atoms with Crippen molar-refractivity contribution in [2.45, 2.75) is 161 Å². The van der Waals surface area contributed by atoms with Crippen LogP contribution in [0.4, 0.5) is 0 Å². The molecule has 0 aliphatic heterocycles. The highest BCUT2D eigenvalue weighted by Crippen LogP contribution is 2.63. The second-order valence-corrected chi connectivity index (χ2v) is 31.1. The van der Waals surface area contributed by atoms with Crippen molar-refractivity contribution in [1.29, 1.82) is 0 Å². The number of hydrogen-bond donors (Lipinski definition) is 0. The molecule has 2 heteroatoms. The molecule has 0 spiro atoms. The first-order valence-electron chi connectivity index (χ1n) is 16.3. The molecule has 8 unspecified atom stereocenters. The Balaban J connectivity index is 1.56. The van der Waals surface area contributed by atoms with E-state index in [2.05, 4.69) is 47.0 Å². The minimum absolute atomic E-state index is 1.03. The second-order valence-electron chi connectivity index (χ2n) is 15.0. The van der Waals surface area contributed by atoms with Crippen molar-refractivity contribution in [2.24, 2.45) is 41.4 Å². The summed E-state index contributed by atoms with van der Waals surface area (Å²) >= 11 is 0. The number of hydrogen-bond acceptors (Lipinski definition) is 0. The molecule has 4 aliphatic carbocycles. The molecule has 4 fully saturated rings. The maximum atomic E-state index is 2.96. The molecular formula is C32H62Si2. The third kappa shape index (κ3) is 5.08. The third-order valence-electron chi connectivity index (χ3n) is 13.2. The van der Waals surface area contributed by atoms with Crippen LogP contribution in [0.25, 0.3) is 0 Å². The maximum Gasteiger partial charge on any atom is 0.0449 e. The molecule has 4 rings (SSSR count). The predicted octanol–water partition coefficient (Wildman–Crippen LogP) is 10.9. The smallest absolute Gasteiger partial charge is 0.0449 e. The van der Waals surface area contributed by atoms with Crippen LogP contribution >= 0.6 is 0 Å². The van der Waals surface area contributed by atoms with Crippen LogP contribution in [0.3, 0.4) is 0 Å². The quantitative estimate of drug-likeness (QED) is 0.260. The average Bonchev–Trinajstić information content (AvgIpc) is 3.39. The van der Waals surface area contributed by atoms with E-state index in [4.69, 9.17) is 0 Å². The Morgan fingerprint density at radius 1 is 0.588 bits per heavy atom. The van der Waals surface area contributed by atoms with Gasteiger partial charge in [0.15, 0.2) is 0 Å². The molecule has 8 atom stereocenters. The van der Waals surface area contributed by atoms with E-state index in [-0.39, 0.29) is 0 Å². The highest BCUT2D eigenvalue weighted by molar-refractivity contribution is 7.41. The van der Waals surface area contributed by atoms with Crippen LogP contribution in [-0.4, -0.2) is 15.2 Å². The van der Waals surface area contributed by atoms with E-state index in [0.29, 0.717) is 0 Å². The van der Waals surface area contributed by atoms with Crippen LogP contribution in [-0.2, 0) is 0 Å². The Kier molecular flexibility index (Phi) is 9.25. The lowest BCUT2D eigenvalue weighted by molar-refractivity contribution is 0.196. The van der Waals surface area contributed by atoms with Crippen molar-refractivity contribution in [2.75, 3.05) is 0 Å². The second kappa shape index (κ2) is 11.4. The summed E-state index contributed by atoms with van der Waals surface area (Å²) in [7, 11) is -2.55. The largest absolute Gasteiger partial charge is 0.0711 e. The first-order valence-corrected chi connectivity index (χ1v) is 23.4. The molecule has 0 bridgehead atoms. The maximum absolute atomic E-state index is 2.96. The summed E-state index contributed by atoms with van der Waals surface area (Å²) in [5.74, 6) is 7.67. The number of rotatable bonds is 10. The van der Waals surface area contributed by atoms with Crippen LogP contribution in [0.5, 0.6) is 0 Å². The Labute approximate surface area is 217 Å². The molecule has 34 heavy (non-hydrogen) atoms. The van der Waals surface area contributed by atoms with Crippen molar-refractivity contribution in [3.8, 4) is 0 Å². The summed E-state index contributed by atoms with van der Waals surface area (Å²) in [6.07, 6.45) is 24.7. The third-order valence-corrected chi connectivity index (χ3v) is 33.7. The predicted molar refractivity (Wildman–Crippen MR) is 158 cm³/mol. The van der Waals surface area contributed by atoms with Gasteiger partial charge in [-0.2, -0.15) is 0 Å². The summed E-state index contributed by atoms with van der Waals surface area (Å²) in [5.41, 5.74) is 2.33. The van der Waals surface area contributed by atoms with Gasteiger partial charge in [0.1, 0.15) is 0 Å². The zero-order chi connectivity index (χ0) is 24.5. The molecule has 0 aromatic rings. The van der Waals surface area contributed by atoms with Crippen molar-refractivity contribution < 1.29 is 0 Å². The topological polar surface area (TPSA) is 0 Å². The van der Waals surface area contributed by atoms with Crippen molar-refractivity contribution in [3.63, 3.8) is 0 Å². The molecular weight excluding hydrogens is 441 g/mol. The van der Waals surface area contributed by atoms with E-state index in [1.54, 1.807) is 64.2 Å². The monoisotopic (exact) mass is 502 g/mol. The molecule has 0 saturated heterocycles. The molecule has 4 aliphatic rings. The van der Waals surface area contributed by atoms with E-state index >= 15 is 0 Å². The summed E-state index contributed by atoms with van der Waals surface area (Å²) in [6, 6.07) is 0. The molecule has 4 saturated carbocycles. The minimum atomic E-state index is -1.28. The molecule has 0 heterocycles. The van der Waals surface area contributed by atoms with Gasteiger partial charge in [0.2, 0.25) is 0 Å². The van der Waals surface area contributed by atoms with Crippen molar-refractivity contribution in [3.05, 3.63) is 0 Å². The Hall–Kier alpha value is 0.434. The molecule has 0 aromatic carbocycles. The van der Waals surface area contributed by atoms with Crippen LogP contribution < -0.4 is 0 Å². The fraction of sp³-hybridized carbons (Fsp3) is 1.00. The van der Waals surface area contributed by atoms with Gasteiger partial charge in [-0.3, -0.25) is 0 Å². The molecule has 198 valence electrons. The van der Waals surface area contributed by atoms with E-state index in [1.165, 1.54) is 44.1 Å². The van der Waals surface area contributed by atoms with Crippen LogP contribution in [0.2, 0.25) is 37.3 Å². The fourth-order valence-corrected chi connectivity index (χ4v) is 25.3. The van der Waals surface area contributed by atoms with Gasteiger partial charge in [0.05, 0.1) is 0 Å². The standard InChI is InChI=1S/C32H62Si2/c1-8-15-24(16-9-2)21-26-23-32(30-20-14-12-18-28(26)30)34(6,7)33(4,5)31-22-25(10-3)27-17-11-13-19-29(27)31/h24-32H,8-23H2,1-7H3. The zero-order valence-electron chi connectivity index (χ0n) is 24.5. The van der Waals surface area contributed by atoms with Crippen molar-refractivity contribution >= 4 is 15.2 Å². The Morgan fingerprint density at radius 2 is 1.00 bits per heavy atom. The summed E-state index contributed by atoms with van der Waals surface area (Å²) in [6.45, 7) is 19.2. The van der Waals surface area contributed by atoms with Gasteiger partial charge in [0, 0.05) is 15.2 Å². The number of fused-ring (bicyclic) bond motifs is 2. The lowest BCUT2D eigenvalue weighted by Crippen LogP contribution is -2.62. The lowest BCUT2D eigenvalue weighted by Gasteiger charge is -2.51. The van der Waals surface area contributed by atoms with Gasteiger partial charge in [-0.1, -0.05) is 118 Å². The van der Waals surface area contributed by atoms with Crippen LogP contribution in [0.1, 0.15) is 124 Å². The van der Waals surface area contributed by atoms with Gasteiger partial charge in [0.25, 0.3) is 0 Å². The summed E-state index contributed by atoms with van der Waals surface area (Å²) in [4.78, 5) is 0.